The van der Waals surface area contributed by atoms with Gasteiger partial charge in [-0.2, -0.15) is 0 Å². The summed E-state index contributed by atoms with van der Waals surface area (Å²) in [5.74, 6) is 0.888. The Hall–Kier alpha value is -1.65. The van der Waals surface area contributed by atoms with Gasteiger partial charge in [-0.05, 0) is 38.4 Å². The fourth-order valence-electron chi connectivity index (χ4n) is 2.98. The van der Waals surface area contributed by atoms with Crippen LogP contribution in [0.1, 0.15) is 23.4 Å². The van der Waals surface area contributed by atoms with E-state index in [2.05, 4.69) is 45.7 Å². The van der Waals surface area contributed by atoms with Crippen molar-refractivity contribution in [3.05, 3.63) is 53.4 Å². The molecule has 0 amide bonds. The molecule has 0 aliphatic carbocycles. The molecule has 1 atom stereocenters. The molecule has 112 valence electrons. The van der Waals surface area contributed by atoms with Crippen LogP contribution in [-0.4, -0.2) is 35.7 Å². The van der Waals surface area contributed by atoms with Gasteiger partial charge in [0.25, 0.3) is 0 Å². The molecule has 4 nitrogen and oxygen atoms in total. The van der Waals surface area contributed by atoms with E-state index in [1.54, 1.807) is 0 Å². The minimum atomic E-state index is 0.503. The SMILES string of the molecule is Cc1cc(CN2CCCNC(Cc3ccccc3)C2)no1. The van der Waals surface area contributed by atoms with Crippen molar-refractivity contribution in [3.63, 3.8) is 0 Å². The molecule has 3 rings (SSSR count). The highest BCUT2D eigenvalue weighted by Gasteiger charge is 2.19. The van der Waals surface area contributed by atoms with Crippen LogP contribution >= 0.6 is 0 Å². The smallest absolute Gasteiger partial charge is 0.133 e. The zero-order valence-electron chi connectivity index (χ0n) is 12.6. The molecule has 1 aliphatic heterocycles. The summed E-state index contributed by atoms with van der Waals surface area (Å²) >= 11 is 0. The standard InChI is InChI=1S/C17H23N3O/c1-14-10-17(19-21-14)13-20-9-5-8-18-16(12-20)11-15-6-3-2-4-7-15/h2-4,6-7,10,16,18H,5,8-9,11-13H2,1H3. The fraction of sp³-hybridized carbons (Fsp3) is 0.471. The number of nitrogens with one attached hydrogen (secondary N) is 1. The van der Waals surface area contributed by atoms with Crippen molar-refractivity contribution < 1.29 is 4.52 Å². The van der Waals surface area contributed by atoms with Gasteiger partial charge in [-0.3, -0.25) is 4.90 Å². The predicted octanol–water partition coefficient (Wildman–Crippen LogP) is 2.39. The van der Waals surface area contributed by atoms with Crippen LogP contribution in [0.3, 0.4) is 0 Å². The minimum Gasteiger partial charge on any atom is -0.361 e. The van der Waals surface area contributed by atoms with Crippen molar-refractivity contribution in [1.82, 2.24) is 15.4 Å². The van der Waals surface area contributed by atoms with Gasteiger partial charge in [0.05, 0.1) is 5.69 Å². The second-order valence-corrected chi connectivity index (χ2v) is 5.86. The highest BCUT2D eigenvalue weighted by Crippen LogP contribution is 2.11. The van der Waals surface area contributed by atoms with Gasteiger partial charge >= 0.3 is 0 Å². The number of benzene rings is 1. The molecule has 1 aromatic heterocycles. The van der Waals surface area contributed by atoms with E-state index in [9.17, 15) is 0 Å². The fourth-order valence-corrected chi connectivity index (χ4v) is 2.98. The Morgan fingerprint density at radius 2 is 2.19 bits per heavy atom. The van der Waals surface area contributed by atoms with E-state index < -0.39 is 0 Å². The highest BCUT2D eigenvalue weighted by atomic mass is 16.5. The normalized spacial score (nSPS) is 20.3. The predicted molar refractivity (Wildman–Crippen MR) is 83.1 cm³/mol. The van der Waals surface area contributed by atoms with Crippen molar-refractivity contribution in [3.8, 4) is 0 Å². The maximum atomic E-state index is 5.17. The quantitative estimate of drug-likeness (QED) is 0.936. The maximum Gasteiger partial charge on any atom is 0.133 e. The summed E-state index contributed by atoms with van der Waals surface area (Å²) in [6.45, 7) is 6.08. The molecule has 1 N–H and O–H groups in total. The molecule has 1 unspecified atom stereocenters. The minimum absolute atomic E-state index is 0.503. The van der Waals surface area contributed by atoms with E-state index >= 15 is 0 Å². The van der Waals surface area contributed by atoms with Crippen LogP contribution in [-0.2, 0) is 13.0 Å². The van der Waals surface area contributed by atoms with Crippen molar-refractivity contribution >= 4 is 0 Å². The lowest BCUT2D eigenvalue weighted by Crippen LogP contribution is -2.39. The van der Waals surface area contributed by atoms with Crippen LogP contribution < -0.4 is 5.32 Å². The first kappa shape index (κ1) is 14.3. The third kappa shape index (κ3) is 4.16. The average Bonchev–Trinajstić information content (AvgIpc) is 2.76. The second kappa shape index (κ2) is 6.87. The van der Waals surface area contributed by atoms with Gasteiger partial charge in [-0.25, -0.2) is 0 Å². The summed E-state index contributed by atoms with van der Waals surface area (Å²) in [6, 6.07) is 13.2. The van der Waals surface area contributed by atoms with E-state index in [-0.39, 0.29) is 0 Å². The van der Waals surface area contributed by atoms with E-state index in [4.69, 9.17) is 4.52 Å². The van der Waals surface area contributed by atoms with Gasteiger partial charge in [0.1, 0.15) is 5.76 Å². The van der Waals surface area contributed by atoms with E-state index in [0.29, 0.717) is 6.04 Å². The van der Waals surface area contributed by atoms with Gasteiger partial charge in [0.15, 0.2) is 0 Å². The van der Waals surface area contributed by atoms with Crippen LogP contribution in [0, 0.1) is 6.92 Å². The van der Waals surface area contributed by atoms with E-state index in [0.717, 1.165) is 44.1 Å². The molecular weight excluding hydrogens is 262 g/mol. The van der Waals surface area contributed by atoms with Crippen LogP contribution in [0.2, 0.25) is 0 Å². The molecule has 1 aromatic carbocycles. The first-order valence-electron chi connectivity index (χ1n) is 7.71. The van der Waals surface area contributed by atoms with Gasteiger partial charge in [0, 0.05) is 25.2 Å². The first-order valence-corrected chi connectivity index (χ1v) is 7.71. The Balaban J connectivity index is 1.60. The van der Waals surface area contributed by atoms with Crippen LogP contribution in [0.4, 0.5) is 0 Å². The van der Waals surface area contributed by atoms with E-state index in [1.165, 1.54) is 12.0 Å². The molecule has 1 aliphatic rings. The van der Waals surface area contributed by atoms with Crippen molar-refractivity contribution in [2.45, 2.75) is 32.4 Å². The van der Waals surface area contributed by atoms with Crippen LogP contribution in [0.15, 0.2) is 40.9 Å². The van der Waals surface area contributed by atoms with E-state index in [1.807, 2.05) is 13.0 Å². The molecule has 4 heteroatoms. The first-order chi connectivity index (χ1) is 10.3. The Morgan fingerprint density at radius 3 is 2.95 bits per heavy atom. The zero-order valence-corrected chi connectivity index (χ0v) is 12.6. The zero-order chi connectivity index (χ0) is 14.5. The molecule has 21 heavy (non-hydrogen) atoms. The summed E-state index contributed by atoms with van der Waals surface area (Å²) in [5, 5.41) is 7.78. The van der Waals surface area contributed by atoms with Crippen LogP contribution in [0.25, 0.3) is 0 Å². The third-order valence-electron chi connectivity index (χ3n) is 3.95. The molecule has 0 bridgehead atoms. The largest absolute Gasteiger partial charge is 0.361 e. The average molecular weight is 285 g/mol. The highest BCUT2D eigenvalue weighted by molar-refractivity contribution is 5.16. The van der Waals surface area contributed by atoms with Gasteiger partial charge in [0.2, 0.25) is 0 Å². The van der Waals surface area contributed by atoms with Gasteiger partial charge in [-0.15, -0.1) is 0 Å². The number of hydrogen-bond acceptors (Lipinski definition) is 4. The Morgan fingerprint density at radius 1 is 1.33 bits per heavy atom. The molecule has 2 heterocycles. The summed E-state index contributed by atoms with van der Waals surface area (Å²) in [6.07, 6.45) is 2.26. The Labute approximate surface area is 126 Å². The molecule has 0 saturated carbocycles. The lowest BCUT2D eigenvalue weighted by molar-refractivity contribution is 0.250. The topological polar surface area (TPSA) is 41.3 Å². The second-order valence-electron chi connectivity index (χ2n) is 5.86. The summed E-state index contributed by atoms with van der Waals surface area (Å²) < 4.78 is 5.17. The monoisotopic (exact) mass is 285 g/mol. The van der Waals surface area contributed by atoms with Crippen LogP contribution in [0.5, 0.6) is 0 Å². The lowest BCUT2D eigenvalue weighted by atomic mass is 10.1. The van der Waals surface area contributed by atoms with Crippen molar-refractivity contribution in [2.75, 3.05) is 19.6 Å². The number of aryl methyl sites for hydroxylation is 1. The van der Waals surface area contributed by atoms with Crippen molar-refractivity contribution in [2.24, 2.45) is 0 Å². The molecule has 2 aromatic rings. The Bertz CT molecular complexity index is 552. The number of rotatable bonds is 4. The molecule has 1 fully saturated rings. The number of hydrogen-bond donors (Lipinski definition) is 1. The third-order valence-corrected chi connectivity index (χ3v) is 3.95. The molecular formula is C17H23N3O. The summed E-state index contributed by atoms with van der Waals surface area (Å²) in [7, 11) is 0. The number of aromatic nitrogens is 1. The molecule has 0 radical (unpaired) electrons. The Kier molecular flexibility index (Phi) is 4.68. The summed E-state index contributed by atoms with van der Waals surface area (Å²) in [5.41, 5.74) is 2.43. The van der Waals surface area contributed by atoms with Gasteiger partial charge in [-0.1, -0.05) is 35.5 Å². The molecule has 1 saturated heterocycles. The lowest BCUT2D eigenvalue weighted by Gasteiger charge is -2.23. The summed E-state index contributed by atoms with van der Waals surface area (Å²) in [4.78, 5) is 2.48. The molecule has 0 spiro atoms. The van der Waals surface area contributed by atoms with Gasteiger partial charge < -0.3 is 9.84 Å². The number of nitrogens with zero attached hydrogens (tertiary/aromatic N) is 2. The maximum absolute atomic E-state index is 5.17. The van der Waals surface area contributed by atoms with Crippen molar-refractivity contribution in [1.29, 1.82) is 0 Å².